The number of thioether (sulfide) groups is 1. The van der Waals surface area contributed by atoms with E-state index in [9.17, 15) is 9.59 Å². The Kier molecular flexibility index (Phi) is 7.03. The number of hydrogen-bond acceptors (Lipinski definition) is 4. The summed E-state index contributed by atoms with van der Waals surface area (Å²) in [4.78, 5) is 32.3. The van der Waals surface area contributed by atoms with Crippen molar-refractivity contribution < 1.29 is 9.59 Å². The van der Waals surface area contributed by atoms with E-state index < -0.39 is 5.25 Å². The number of hydrogen-bond donors (Lipinski definition) is 1. The molecule has 4 rings (SSSR count). The Balaban J connectivity index is 1.57. The zero-order valence-electron chi connectivity index (χ0n) is 16.6. The number of carbonyl (C=O) groups is 2. The second kappa shape index (κ2) is 10.1. The number of aliphatic imine (C=N–C) groups is 1. The predicted molar refractivity (Wildman–Crippen MR) is 134 cm³/mol. The van der Waals surface area contributed by atoms with Crippen LogP contribution in [0.4, 0.5) is 11.4 Å². The van der Waals surface area contributed by atoms with E-state index >= 15 is 0 Å². The van der Waals surface area contributed by atoms with Crippen LogP contribution in [0.25, 0.3) is 0 Å². The van der Waals surface area contributed by atoms with Crippen LogP contribution in [0.2, 0.25) is 0 Å². The maximum absolute atomic E-state index is 13.1. The zero-order valence-corrected chi connectivity index (χ0v) is 19.5. The normalized spacial score (nSPS) is 17.6. The van der Waals surface area contributed by atoms with E-state index in [1.807, 2.05) is 84.9 Å². The minimum Gasteiger partial charge on any atom is -0.325 e. The summed E-state index contributed by atoms with van der Waals surface area (Å²) in [6.07, 6.45) is 0.126. The van der Waals surface area contributed by atoms with Gasteiger partial charge in [-0.1, -0.05) is 60.3 Å². The Hall–Kier alpha value is -2.65. The number of benzene rings is 3. The molecule has 7 heteroatoms. The molecule has 3 aromatic rings. The van der Waals surface area contributed by atoms with Crippen molar-refractivity contribution in [2.75, 3.05) is 5.32 Å². The summed E-state index contributed by atoms with van der Waals surface area (Å²) in [5.74, 6) is -0.306. The molecule has 1 unspecified atom stereocenters. The van der Waals surface area contributed by atoms with Crippen LogP contribution in [-0.2, 0) is 16.1 Å². The molecule has 1 saturated heterocycles. The highest BCUT2D eigenvalue weighted by molar-refractivity contribution is 14.1. The average Bonchev–Trinajstić information content (AvgIpc) is 2.79. The minimum atomic E-state index is -0.540. The molecule has 3 aromatic carbocycles. The van der Waals surface area contributed by atoms with Crippen molar-refractivity contribution in [3.8, 4) is 0 Å². The Labute approximate surface area is 199 Å². The number of amides is 2. The van der Waals surface area contributed by atoms with Gasteiger partial charge in [0, 0.05) is 15.7 Å². The van der Waals surface area contributed by atoms with Gasteiger partial charge in [-0.25, -0.2) is 4.99 Å². The van der Waals surface area contributed by atoms with Crippen LogP contribution in [0.1, 0.15) is 12.0 Å². The van der Waals surface area contributed by atoms with Crippen LogP contribution < -0.4 is 5.32 Å². The van der Waals surface area contributed by atoms with Gasteiger partial charge in [0.05, 0.1) is 12.2 Å². The van der Waals surface area contributed by atoms with Gasteiger partial charge in [0.1, 0.15) is 5.25 Å². The number of para-hydroxylation sites is 1. The third kappa shape index (κ3) is 5.74. The summed E-state index contributed by atoms with van der Waals surface area (Å²) in [7, 11) is 0. The number of amidine groups is 1. The summed E-state index contributed by atoms with van der Waals surface area (Å²) in [6.45, 7) is 0.420. The van der Waals surface area contributed by atoms with Crippen molar-refractivity contribution in [1.29, 1.82) is 0 Å². The number of carbonyl (C=O) groups excluding carboxylic acids is 2. The van der Waals surface area contributed by atoms with E-state index in [0.29, 0.717) is 17.4 Å². The monoisotopic (exact) mass is 541 g/mol. The number of anilines is 1. The van der Waals surface area contributed by atoms with Crippen molar-refractivity contribution in [3.63, 3.8) is 0 Å². The van der Waals surface area contributed by atoms with Gasteiger partial charge in [-0.2, -0.15) is 0 Å². The lowest BCUT2D eigenvalue weighted by molar-refractivity contribution is -0.129. The first-order chi connectivity index (χ1) is 15.1. The first-order valence-corrected chi connectivity index (χ1v) is 11.8. The highest BCUT2D eigenvalue weighted by Crippen LogP contribution is 2.31. The third-order valence-corrected chi connectivity index (χ3v) is 6.62. The molecule has 1 atom stereocenters. The lowest BCUT2D eigenvalue weighted by Gasteiger charge is -2.32. The number of nitrogens with one attached hydrogen (secondary N) is 1. The van der Waals surface area contributed by atoms with Gasteiger partial charge in [-0.3, -0.25) is 14.5 Å². The second-order valence-electron chi connectivity index (χ2n) is 7.00. The first kappa shape index (κ1) is 21.6. The molecule has 1 N–H and O–H groups in total. The van der Waals surface area contributed by atoms with Crippen molar-refractivity contribution >= 4 is 62.7 Å². The highest BCUT2D eigenvalue weighted by atomic mass is 127. The van der Waals surface area contributed by atoms with Crippen LogP contribution in [0.15, 0.2) is 89.9 Å². The van der Waals surface area contributed by atoms with Crippen molar-refractivity contribution in [1.82, 2.24) is 4.90 Å². The van der Waals surface area contributed by atoms with E-state index in [0.717, 1.165) is 14.8 Å². The Morgan fingerprint density at radius 2 is 1.65 bits per heavy atom. The molecule has 2 amide bonds. The summed E-state index contributed by atoms with van der Waals surface area (Å²) in [5.41, 5.74) is 2.47. The smallest absolute Gasteiger partial charge is 0.238 e. The number of halogens is 1. The molecule has 1 aliphatic rings. The molecule has 31 heavy (non-hydrogen) atoms. The summed E-state index contributed by atoms with van der Waals surface area (Å²) in [5, 5.41) is 2.92. The van der Waals surface area contributed by atoms with Crippen LogP contribution in [0.3, 0.4) is 0 Å². The third-order valence-electron chi connectivity index (χ3n) is 4.71. The van der Waals surface area contributed by atoms with Gasteiger partial charge >= 0.3 is 0 Å². The molecule has 1 aliphatic heterocycles. The summed E-state index contributed by atoms with van der Waals surface area (Å²) in [6, 6.07) is 26.9. The lowest BCUT2D eigenvalue weighted by Crippen LogP contribution is -2.44. The molecule has 0 radical (unpaired) electrons. The molecular weight excluding hydrogens is 521 g/mol. The Bertz CT molecular complexity index is 1090. The van der Waals surface area contributed by atoms with Crippen LogP contribution in [0, 0.1) is 3.57 Å². The predicted octanol–water partition coefficient (Wildman–Crippen LogP) is 5.45. The van der Waals surface area contributed by atoms with Crippen molar-refractivity contribution in [2.24, 2.45) is 4.99 Å². The Morgan fingerprint density at radius 1 is 1.00 bits per heavy atom. The van der Waals surface area contributed by atoms with Crippen molar-refractivity contribution in [3.05, 3.63) is 94.1 Å². The molecule has 0 bridgehead atoms. The van der Waals surface area contributed by atoms with Gasteiger partial charge < -0.3 is 5.32 Å². The zero-order chi connectivity index (χ0) is 21.6. The van der Waals surface area contributed by atoms with E-state index in [1.165, 1.54) is 11.8 Å². The highest BCUT2D eigenvalue weighted by Gasteiger charge is 2.36. The fourth-order valence-corrected chi connectivity index (χ4v) is 4.59. The van der Waals surface area contributed by atoms with Gasteiger partial charge in [0.25, 0.3) is 0 Å². The molecule has 0 aromatic heterocycles. The fourth-order valence-electron chi connectivity index (χ4n) is 3.13. The lowest BCUT2D eigenvalue weighted by atomic mass is 10.2. The molecule has 0 aliphatic carbocycles. The maximum Gasteiger partial charge on any atom is 0.238 e. The minimum absolute atomic E-state index is 0.111. The molecular formula is C24H20IN3O2S. The van der Waals surface area contributed by atoms with Gasteiger partial charge in [0.2, 0.25) is 11.8 Å². The largest absolute Gasteiger partial charge is 0.325 e. The van der Waals surface area contributed by atoms with Gasteiger partial charge in [0.15, 0.2) is 5.17 Å². The topological polar surface area (TPSA) is 61.8 Å². The quantitative estimate of drug-likeness (QED) is 0.437. The molecule has 5 nitrogen and oxygen atoms in total. The summed E-state index contributed by atoms with van der Waals surface area (Å²) < 4.78 is 1.09. The second-order valence-corrected chi connectivity index (χ2v) is 9.42. The van der Waals surface area contributed by atoms with E-state index in [2.05, 4.69) is 27.9 Å². The molecule has 156 valence electrons. The van der Waals surface area contributed by atoms with Gasteiger partial charge in [-0.05, 0) is 64.6 Å². The number of nitrogens with zero attached hydrogens (tertiary/aromatic N) is 2. The van der Waals surface area contributed by atoms with Crippen LogP contribution >= 0.6 is 34.4 Å². The standard InChI is InChI=1S/C24H20IN3O2S/c25-18-11-13-20(14-12-18)26-23(30)21-15-22(29)28(16-17-7-3-1-4-8-17)24(31-21)27-19-9-5-2-6-10-19/h1-14,21H,15-16H2,(H,26,30). The Morgan fingerprint density at radius 3 is 2.32 bits per heavy atom. The van der Waals surface area contributed by atoms with Crippen LogP contribution in [-0.4, -0.2) is 27.1 Å². The SMILES string of the molecule is O=C(Nc1ccc(I)cc1)C1CC(=O)N(Cc2ccccc2)C(=Nc2ccccc2)S1. The van der Waals surface area contributed by atoms with E-state index in [-0.39, 0.29) is 18.2 Å². The first-order valence-electron chi connectivity index (χ1n) is 9.79. The van der Waals surface area contributed by atoms with Crippen molar-refractivity contribution in [2.45, 2.75) is 18.2 Å². The number of rotatable bonds is 5. The molecule has 0 spiro atoms. The average molecular weight is 541 g/mol. The summed E-state index contributed by atoms with van der Waals surface area (Å²) >= 11 is 3.55. The fraction of sp³-hybridized carbons (Fsp3) is 0.125. The van der Waals surface area contributed by atoms with E-state index in [4.69, 9.17) is 4.99 Å². The molecule has 0 saturated carbocycles. The molecule has 1 fully saturated rings. The molecule has 1 heterocycles. The van der Waals surface area contributed by atoms with Crippen LogP contribution in [0.5, 0.6) is 0 Å². The maximum atomic E-state index is 13.1. The van der Waals surface area contributed by atoms with E-state index in [1.54, 1.807) is 4.90 Å². The van der Waals surface area contributed by atoms with Gasteiger partial charge in [-0.15, -0.1) is 0 Å².